The third-order valence-electron chi connectivity index (χ3n) is 5.33. The van der Waals surface area contributed by atoms with Crippen molar-refractivity contribution in [3.05, 3.63) is 28.2 Å². The summed E-state index contributed by atoms with van der Waals surface area (Å²) in [5, 5.41) is 7.10. The quantitative estimate of drug-likeness (QED) is 0.590. The van der Waals surface area contributed by atoms with Crippen LogP contribution in [-0.4, -0.2) is 54.0 Å². The molecule has 0 amide bonds. The molecule has 162 valence electrons. The second-order valence-corrected chi connectivity index (χ2v) is 10.9. The number of aromatic nitrogens is 3. The lowest BCUT2D eigenvalue weighted by Gasteiger charge is -2.35. The van der Waals surface area contributed by atoms with Gasteiger partial charge in [-0.2, -0.15) is 4.31 Å². The minimum atomic E-state index is -3.63. The fraction of sp³-hybridized carbons (Fsp3) is 0.550. The van der Waals surface area contributed by atoms with Crippen LogP contribution < -0.4 is 4.90 Å². The minimum absolute atomic E-state index is 0.188. The van der Waals surface area contributed by atoms with E-state index in [1.54, 1.807) is 25.2 Å². The van der Waals surface area contributed by atoms with Crippen LogP contribution in [0.5, 0.6) is 0 Å². The topological polar surface area (TPSA) is 92.4 Å². The van der Waals surface area contributed by atoms with Crippen molar-refractivity contribution in [2.24, 2.45) is 5.92 Å². The second-order valence-electron chi connectivity index (χ2n) is 8.18. The summed E-state index contributed by atoms with van der Waals surface area (Å²) < 4.78 is 32.8. The van der Waals surface area contributed by atoms with E-state index < -0.39 is 10.0 Å². The predicted octanol–water partition coefficient (Wildman–Crippen LogP) is 3.31. The van der Waals surface area contributed by atoms with E-state index in [1.807, 2.05) is 6.92 Å². The van der Waals surface area contributed by atoms with Gasteiger partial charge in [0, 0.05) is 26.2 Å². The molecular formula is C20H27N5O3S2. The maximum Gasteiger partial charge on any atom is 0.248 e. The first-order chi connectivity index (χ1) is 14.2. The average Bonchev–Trinajstić information content (AvgIpc) is 3.23. The molecule has 0 aromatic carbocycles. The smallest absolute Gasteiger partial charge is 0.248 e. The Bertz CT molecular complexity index is 1160. The standard InChI is InChI=1S/C20H27N5O3S2/c1-12(2)10-16-11-29-20-17(16)19(21-15(5)22-20)24-6-8-25(9-7-24)30(26,27)18-13(3)23-28-14(18)4/h11-12H,6-10H2,1-5H3. The molecule has 10 heteroatoms. The van der Waals surface area contributed by atoms with E-state index in [0.29, 0.717) is 43.6 Å². The lowest BCUT2D eigenvalue weighted by Crippen LogP contribution is -2.49. The lowest BCUT2D eigenvalue weighted by molar-refractivity contribution is 0.378. The van der Waals surface area contributed by atoms with Gasteiger partial charge in [-0.05, 0) is 44.1 Å². The Morgan fingerprint density at radius 2 is 1.83 bits per heavy atom. The number of hydrogen-bond acceptors (Lipinski definition) is 8. The van der Waals surface area contributed by atoms with Crippen molar-refractivity contribution in [3.63, 3.8) is 0 Å². The summed E-state index contributed by atoms with van der Waals surface area (Å²) in [6.45, 7) is 11.5. The number of rotatable bonds is 5. The van der Waals surface area contributed by atoms with Crippen LogP contribution in [0.25, 0.3) is 10.2 Å². The van der Waals surface area contributed by atoms with Crippen LogP contribution in [0.1, 0.15) is 36.7 Å². The molecule has 30 heavy (non-hydrogen) atoms. The van der Waals surface area contributed by atoms with Gasteiger partial charge in [0.1, 0.15) is 27.1 Å². The normalized spacial score (nSPS) is 16.1. The molecule has 4 rings (SSSR count). The summed E-state index contributed by atoms with van der Waals surface area (Å²) in [6.07, 6.45) is 0.972. The number of thiophene rings is 1. The molecule has 3 aromatic rings. The van der Waals surface area contributed by atoms with Crippen molar-refractivity contribution in [2.75, 3.05) is 31.1 Å². The van der Waals surface area contributed by atoms with Gasteiger partial charge in [0.05, 0.1) is 5.39 Å². The van der Waals surface area contributed by atoms with E-state index >= 15 is 0 Å². The van der Waals surface area contributed by atoms with Gasteiger partial charge < -0.3 is 9.42 Å². The van der Waals surface area contributed by atoms with Crippen LogP contribution in [-0.2, 0) is 16.4 Å². The predicted molar refractivity (Wildman–Crippen MR) is 118 cm³/mol. The lowest BCUT2D eigenvalue weighted by atomic mass is 10.0. The van der Waals surface area contributed by atoms with Crippen LogP contribution in [0, 0.1) is 26.7 Å². The average molecular weight is 450 g/mol. The third kappa shape index (κ3) is 3.72. The Morgan fingerprint density at radius 1 is 1.13 bits per heavy atom. The zero-order chi connectivity index (χ0) is 21.6. The zero-order valence-corrected chi connectivity index (χ0v) is 19.6. The van der Waals surface area contributed by atoms with Crippen molar-refractivity contribution in [1.29, 1.82) is 0 Å². The summed E-state index contributed by atoms with van der Waals surface area (Å²) in [5.41, 5.74) is 1.67. The van der Waals surface area contributed by atoms with E-state index in [0.717, 1.165) is 28.3 Å². The maximum atomic E-state index is 13.1. The van der Waals surface area contributed by atoms with Gasteiger partial charge in [-0.3, -0.25) is 0 Å². The molecular weight excluding hydrogens is 422 g/mol. The van der Waals surface area contributed by atoms with Crippen LogP contribution in [0.2, 0.25) is 0 Å². The Balaban J connectivity index is 1.62. The van der Waals surface area contributed by atoms with Gasteiger partial charge in [-0.1, -0.05) is 19.0 Å². The molecule has 0 radical (unpaired) electrons. The van der Waals surface area contributed by atoms with E-state index in [-0.39, 0.29) is 4.90 Å². The minimum Gasteiger partial charge on any atom is -0.360 e. The Hall–Kier alpha value is -2.04. The molecule has 0 spiro atoms. The zero-order valence-electron chi connectivity index (χ0n) is 18.0. The molecule has 0 aliphatic carbocycles. The summed E-state index contributed by atoms with van der Waals surface area (Å²) in [6, 6.07) is 0. The molecule has 1 fully saturated rings. The molecule has 3 aromatic heterocycles. The first-order valence-electron chi connectivity index (χ1n) is 10.1. The number of sulfonamides is 1. The molecule has 0 saturated carbocycles. The summed E-state index contributed by atoms with van der Waals surface area (Å²) in [4.78, 5) is 12.8. The van der Waals surface area contributed by atoms with Crippen molar-refractivity contribution >= 4 is 37.4 Å². The molecule has 0 unspecified atom stereocenters. The van der Waals surface area contributed by atoms with E-state index in [1.165, 1.54) is 9.87 Å². The number of hydrogen-bond donors (Lipinski definition) is 0. The van der Waals surface area contributed by atoms with Gasteiger partial charge >= 0.3 is 0 Å². The van der Waals surface area contributed by atoms with Gasteiger partial charge in [0.15, 0.2) is 5.76 Å². The molecule has 1 saturated heterocycles. The van der Waals surface area contributed by atoms with Crippen LogP contribution in [0.15, 0.2) is 14.8 Å². The number of nitrogens with zero attached hydrogens (tertiary/aromatic N) is 5. The fourth-order valence-electron chi connectivity index (χ4n) is 4.02. The Morgan fingerprint density at radius 3 is 2.43 bits per heavy atom. The van der Waals surface area contributed by atoms with Crippen molar-refractivity contribution < 1.29 is 12.9 Å². The van der Waals surface area contributed by atoms with E-state index in [9.17, 15) is 8.42 Å². The SMILES string of the molecule is Cc1nc(N2CCN(S(=O)(=O)c3c(C)noc3C)CC2)c2c(CC(C)C)csc2n1. The first kappa shape index (κ1) is 21.2. The highest BCUT2D eigenvalue weighted by atomic mass is 32.2. The van der Waals surface area contributed by atoms with Gasteiger partial charge in [0.2, 0.25) is 10.0 Å². The fourth-order valence-corrected chi connectivity index (χ4v) is 6.72. The molecule has 8 nitrogen and oxygen atoms in total. The molecule has 1 aliphatic rings. The van der Waals surface area contributed by atoms with E-state index in [2.05, 4.69) is 34.3 Å². The highest BCUT2D eigenvalue weighted by molar-refractivity contribution is 7.89. The highest BCUT2D eigenvalue weighted by Crippen LogP contribution is 2.34. The molecule has 0 atom stereocenters. The number of piperazine rings is 1. The van der Waals surface area contributed by atoms with Crippen LogP contribution in [0.4, 0.5) is 5.82 Å². The Kier molecular flexibility index (Phi) is 5.58. The van der Waals surface area contributed by atoms with Crippen molar-refractivity contribution in [3.8, 4) is 0 Å². The second kappa shape index (κ2) is 7.90. The number of anilines is 1. The number of fused-ring (bicyclic) bond motifs is 1. The molecule has 0 N–H and O–H groups in total. The largest absolute Gasteiger partial charge is 0.360 e. The van der Waals surface area contributed by atoms with Gasteiger partial charge in [-0.25, -0.2) is 18.4 Å². The summed E-state index contributed by atoms with van der Waals surface area (Å²) in [7, 11) is -3.63. The van der Waals surface area contributed by atoms with Gasteiger partial charge in [0.25, 0.3) is 0 Å². The highest BCUT2D eigenvalue weighted by Gasteiger charge is 2.34. The van der Waals surface area contributed by atoms with Crippen molar-refractivity contribution in [1.82, 2.24) is 19.4 Å². The van der Waals surface area contributed by atoms with Crippen LogP contribution in [0.3, 0.4) is 0 Å². The monoisotopic (exact) mass is 449 g/mol. The summed E-state index contributed by atoms with van der Waals surface area (Å²) in [5.74, 6) is 2.53. The molecule has 0 bridgehead atoms. The first-order valence-corrected chi connectivity index (χ1v) is 12.4. The molecule has 1 aliphatic heterocycles. The van der Waals surface area contributed by atoms with Crippen molar-refractivity contribution in [2.45, 2.75) is 45.9 Å². The van der Waals surface area contributed by atoms with Gasteiger partial charge in [-0.15, -0.1) is 11.3 Å². The third-order valence-corrected chi connectivity index (χ3v) is 8.40. The van der Waals surface area contributed by atoms with E-state index in [4.69, 9.17) is 9.51 Å². The number of aryl methyl sites for hydroxylation is 3. The Labute approximate surface area is 181 Å². The van der Waals surface area contributed by atoms with Crippen LogP contribution >= 0.6 is 11.3 Å². The summed E-state index contributed by atoms with van der Waals surface area (Å²) >= 11 is 1.65. The maximum absolute atomic E-state index is 13.1. The molecule has 4 heterocycles.